The Bertz CT molecular complexity index is 699. The van der Waals surface area contributed by atoms with Crippen LogP contribution in [0.25, 0.3) is 0 Å². The number of nitrogens with zero attached hydrogens (tertiary/aromatic N) is 1. The number of carbonyl (C=O) groups excluding carboxylic acids is 1. The van der Waals surface area contributed by atoms with Gasteiger partial charge in [-0.05, 0) is 55.2 Å². The first-order valence-corrected chi connectivity index (χ1v) is 10.6. The Morgan fingerprint density at radius 3 is 2.42 bits per heavy atom. The molecule has 0 aliphatic heterocycles. The summed E-state index contributed by atoms with van der Waals surface area (Å²) >= 11 is 0. The summed E-state index contributed by atoms with van der Waals surface area (Å²) in [6.45, 7) is 1.89. The first kappa shape index (κ1) is 17.3. The minimum atomic E-state index is -3.50. The van der Waals surface area contributed by atoms with E-state index in [1.165, 1.54) is 23.6 Å². The van der Waals surface area contributed by atoms with Crippen molar-refractivity contribution in [2.24, 2.45) is 11.8 Å². The molecule has 2 aliphatic carbocycles. The molecule has 24 heavy (non-hydrogen) atoms. The molecule has 2 fully saturated rings. The molecule has 2 saturated carbocycles. The lowest BCUT2D eigenvalue weighted by Gasteiger charge is -2.26. The highest BCUT2D eigenvalue weighted by Crippen LogP contribution is 2.44. The van der Waals surface area contributed by atoms with Crippen molar-refractivity contribution in [2.45, 2.75) is 45.1 Å². The fraction of sp³-hybridized carbons (Fsp3) is 0.611. The second-order valence-corrected chi connectivity index (χ2v) is 9.05. The highest BCUT2D eigenvalue weighted by Gasteiger charge is 2.40. The minimum Gasteiger partial charge on any atom is -0.352 e. The average Bonchev–Trinajstić information content (AvgIpc) is 3.14. The molecular formula is C18H26N2O3S. The van der Waals surface area contributed by atoms with Gasteiger partial charge >= 0.3 is 0 Å². The lowest BCUT2D eigenvalue weighted by atomic mass is 9.95. The van der Waals surface area contributed by atoms with E-state index in [4.69, 9.17) is 0 Å². The van der Waals surface area contributed by atoms with Crippen molar-refractivity contribution >= 4 is 21.6 Å². The van der Waals surface area contributed by atoms with Crippen LogP contribution in [0.15, 0.2) is 24.3 Å². The zero-order valence-electron chi connectivity index (χ0n) is 14.4. The number of hydrogen-bond acceptors (Lipinski definition) is 3. The lowest BCUT2D eigenvalue weighted by molar-refractivity contribution is -0.120. The highest BCUT2D eigenvalue weighted by molar-refractivity contribution is 7.92. The van der Waals surface area contributed by atoms with Crippen LogP contribution in [0.5, 0.6) is 0 Å². The summed E-state index contributed by atoms with van der Waals surface area (Å²) in [6.07, 6.45) is 6.75. The fourth-order valence-corrected chi connectivity index (χ4v) is 4.96. The Morgan fingerprint density at radius 1 is 1.21 bits per heavy atom. The molecule has 1 aromatic rings. The van der Waals surface area contributed by atoms with Gasteiger partial charge in [-0.1, -0.05) is 25.5 Å². The zero-order valence-corrected chi connectivity index (χ0v) is 15.2. The van der Waals surface area contributed by atoms with Gasteiger partial charge in [0.25, 0.3) is 0 Å². The van der Waals surface area contributed by atoms with Gasteiger partial charge in [-0.25, -0.2) is 8.42 Å². The van der Waals surface area contributed by atoms with Crippen molar-refractivity contribution < 1.29 is 13.2 Å². The van der Waals surface area contributed by atoms with E-state index >= 15 is 0 Å². The summed E-state index contributed by atoms with van der Waals surface area (Å²) in [4.78, 5) is 12.4. The van der Waals surface area contributed by atoms with E-state index in [9.17, 15) is 13.2 Å². The minimum absolute atomic E-state index is 0.155. The number of carbonyl (C=O) groups is 1. The van der Waals surface area contributed by atoms with Crippen LogP contribution in [0.2, 0.25) is 0 Å². The van der Waals surface area contributed by atoms with Gasteiger partial charge in [-0.3, -0.25) is 9.10 Å². The fourth-order valence-electron chi connectivity index (χ4n) is 4.10. The highest BCUT2D eigenvalue weighted by atomic mass is 32.2. The number of sulfonamides is 1. The molecule has 0 saturated heterocycles. The second-order valence-electron chi connectivity index (χ2n) is 7.14. The van der Waals surface area contributed by atoms with Crippen LogP contribution in [-0.2, 0) is 21.2 Å². The topological polar surface area (TPSA) is 66.5 Å². The van der Waals surface area contributed by atoms with E-state index in [2.05, 4.69) is 5.32 Å². The molecule has 2 aliphatic rings. The Hall–Kier alpha value is -1.56. The molecule has 1 amide bonds. The van der Waals surface area contributed by atoms with E-state index < -0.39 is 10.0 Å². The standard InChI is InChI=1S/C18H26N2O3S/c1-3-13-5-8-16(9-6-13)20(24(2,22)23)12-18(21)19-17-11-14-4-7-15(17)10-14/h5-6,8-9,14-15,17H,3-4,7,10-12H2,1-2H3,(H,19,21)/t14-,15+,17-/m1/s1. The second kappa shape index (κ2) is 6.75. The molecule has 0 aromatic heterocycles. The molecule has 1 N–H and O–H groups in total. The van der Waals surface area contributed by atoms with Gasteiger partial charge in [-0.2, -0.15) is 0 Å². The van der Waals surface area contributed by atoms with Crippen LogP contribution < -0.4 is 9.62 Å². The van der Waals surface area contributed by atoms with Gasteiger partial charge in [0.2, 0.25) is 15.9 Å². The van der Waals surface area contributed by atoms with Crippen molar-refractivity contribution in [2.75, 3.05) is 17.1 Å². The third kappa shape index (κ3) is 3.74. The maximum absolute atomic E-state index is 12.4. The third-order valence-electron chi connectivity index (χ3n) is 5.40. The third-order valence-corrected chi connectivity index (χ3v) is 6.55. The summed E-state index contributed by atoms with van der Waals surface area (Å²) in [5, 5.41) is 3.06. The number of aryl methyl sites for hydroxylation is 1. The lowest BCUT2D eigenvalue weighted by Crippen LogP contribution is -2.45. The predicted molar refractivity (Wildman–Crippen MR) is 95.4 cm³/mol. The quantitative estimate of drug-likeness (QED) is 0.856. The first-order chi connectivity index (χ1) is 11.4. The Balaban J connectivity index is 1.68. The van der Waals surface area contributed by atoms with E-state index in [0.717, 1.165) is 30.6 Å². The van der Waals surface area contributed by atoms with Gasteiger partial charge < -0.3 is 5.32 Å². The smallest absolute Gasteiger partial charge is 0.241 e. The van der Waals surface area contributed by atoms with Crippen molar-refractivity contribution in [3.63, 3.8) is 0 Å². The number of amides is 1. The van der Waals surface area contributed by atoms with Crippen LogP contribution in [0.1, 0.15) is 38.2 Å². The number of fused-ring (bicyclic) bond motifs is 2. The van der Waals surface area contributed by atoms with E-state index in [1.807, 2.05) is 19.1 Å². The summed E-state index contributed by atoms with van der Waals surface area (Å²) in [6, 6.07) is 7.57. The van der Waals surface area contributed by atoms with Crippen LogP contribution in [0, 0.1) is 11.8 Å². The van der Waals surface area contributed by atoms with Gasteiger partial charge in [-0.15, -0.1) is 0 Å². The zero-order chi connectivity index (χ0) is 17.3. The van der Waals surface area contributed by atoms with Crippen LogP contribution in [0.3, 0.4) is 0 Å². The van der Waals surface area contributed by atoms with E-state index in [1.54, 1.807) is 12.1 Å². The summed E-state index contributed by atoms with van der Waals surface area (Å²) < 4.78 is 25.5. The molecule has 0 spiro atoms. The molecule has 3 atom stereocenters. The number of benzene rings is 1. The monoisotopic (exact) mass is 350 g/mol. The number of hydrogen-bond donors (Lipinski definition) is 1. The molecule has 3 rings (SSSR count). The van der Waals surface area contributed by atoms with Crippen molar-refractivity contribution in [3.05, 3.63) is 29.8 Å². The molecule has 0 heterocycles. The Labute approximate surface area is 144 Å². The van der Waals surface area contributed by atoms with E-state index in [-0.39, 0.29) is 18.5 Å². The molecule has 6 heteroatoms. The molecule has 0 unspecified atom stereocenters. The maximum atomic E-state index is 12.4. The number of nitrogens with one attached hydrogen (secondary N) is 1. The average molecular weight is 350 g/mol. The van der Waals surface area contributed by atoms with Crippen LogP contribution in [-0.4, -0.2) is 33.2 Å². The Kier molecular flexibility index (Phi) is 4.85. The molecule has 0 radical (unpaired) electrons. The molecular weight excluding hydrogens is 324 g/mol. The largest absolute Gasteiger partial charge is 0.352 e. The molecule has 5 nitrogen and oxygen atoms in total. The first-order valence-electron chi connectivity index (χ1n) is 8.73. The van der Waals surface area contributed by atoms with Crippen LogP contribution in [0.4, 0.5) is 5.69 Å². The van der Waals surface area contributed by atoms with Gasteiger partial charge in [0, 0.05) is 6.04 Å². The van der Waals surface area contributed by atoms with Crippen LogP contribution >= 0.6 is 0 Å². The van der Waals surface area contributed by atoms with Crippen molar-refractivity contribution in [3.8, 4) is 0 Å². The van der Waals surface area contributed by atoms with Gasteiger partial charge in [0.05, 0.1) is 11.9 Å². The number of rotatable bonds is 6. The maximum Gasteiger partial charge on any atom is 0.241 e. The summed E-state index contributed by atoms with van der Waals surface area (Å²) in [5.74, 6) is 1.11. The van der Waals surface area contributed by atoms with Crippen molar-refractivity contribution in [1.82, 2.24) is 5.32 Å². The molecule has 2 bridgehead atoms. The summed E-state index contributed by atoms with van der Waals surface area (Å²) in [7, 11) is -3.50. The predicted octanol–water partition coefficient (Wildman–Crippen LogP) is 2.32. The van der Waals surface area contributed by atoms with E-state index in [0.29, 0.717) is 11.6 Å². The molecule has 132 valence electrons. The summed E-state index contributed by atoms with van der Waals surface area (Å²) in [5.41, 5.74) is 1.68. The molecule has 1 aromatic carbocycles. The Morgan fingerprint density at radius 2 is 1.92 bits per heavy atom. The normalized spacial score (nSPS) is 25.7. The van der Waals surface area contributed by atoms with Crippen molar-refractivity contribution in [1.29, 1.82) is 0 Å². The van der Waals surface area contributed by atoms with Gasteiger partial charge in [0.1, 0.15) is 6.54 Å². The number of anilines is 1. The van der Waals surface area contributed by atoms with Gasteiger partial charge in [0.15, 0.2) is 0 Å². The SMILES string of the molecule is CCc1ccc(N(CC(=O)N[C@@H]2C[C@@H]3CC[C@H]2C3)S(C)(=O)=O)cc1.